The second-order valence-corrected chi connectivity index (χ2v) is 3.61. The van der Waals surface area contributed by atoms with Crippen LogP contribution in [0.25, 0.3) is 0 Å². The summed E-state index contributed by atoms with van der Waals surface area (Å²) >= 11 is 0. The summed E-state index contributed by atoms with van der Waals surface area (Å²) in [5.41, 5.74) is 0. The van der Waals surface area contributed by atoms with Crippen LogP contribution in [0.15, 0.2) is 24.3 Å². The highest BCUT2D eigenvalue weighted by Crippen LogP contribution is 2.18. The van der Waals surface area contributed by atoms with Crippen molar-refractivity contribution in [3.05, 3.63) is 24.3 Å². The van der Waals surface area contributed by atoms with E-state index >= 15 is 0 Å². The Morgan fingerprint density at radius 1 is 1.24 bits per heavy atom. The van der Waals surface area contributed by atoms with Crippen LogP contribution in [0, 0.1) is 0 Å². The average Bonchev–Trinajstić information content (AvgIpc) is 2.30. The van der Waals surface area contributed by atoms with Gasteiger partial charge < -0.3 is 14.2 Å². The van der Waals surface area contributed by atoms with Gasteiger partial charge in [-0.25, -0.2) is 0 Å². The van der Waals surface area contributed by atoms with Crippen LogP contribution < -0.4 is 9.47 Å². The summed E-state index contributed by atoms with van der Waals surface area (Å²) in [5.74, 6) is 1.24. The normalized spacial score (nSPS) is 11.7. The minimum absolute atomic E-state index is 0.206. The molecule has 0 saturated carbocycles. The number of ether oxygens (including phenoxy) is 3. The van der Waals surface area contributed by atoms with Gasteiger partial charge in [0.15, 0.2) is 0 Å². The zero-order chi connectivity index (χ0) is 12.7. The number of carbonyl (C=O) groups is 1. The first-order chi connectivity index (χ1) is 8.15. The van der Waals surface area contributed by atoms with E-state index in [-0.39, 0.29) is 18.5 Å². The van der Waals surface area contributed by atoms with Gasteiger partial charge in [0, 0.05) is 0 Å². The van der Waals surface area contributed by atoms with E-state index < -0.39 is 0 Å². The second-order valence-electron chi connectivity index (χ2n) is 3.61. The number of benzene rings is 1. The molecule has 1 aromatic carbocycles. The highest BCUT2D eigenvalue weighted by Gasteiger charge is 2.11. The predicted octanol–water partition coefficient (Wildman–Crippen LogP) is 2.42. The number of hydrogen-bond acceptors (Lipinski definition) is 4. The fourth-order valence-electron chi connectivity index (χ4n) is 1.38. The van der Waals surface area contributed by atoms with Gasteiger partial charge in [-0.1, -0.05) is 0 Å². The second kappa shape index (κ2) is 6.78. The molecule has 0 radical (unpaired) electrons. The Balaban J connectivity index is 2.44. The maximum absolute atomic E-state index is 11.2. The van der Waals surface area contributed by atoms with E-state index in [2.05, 4.69) is 0 Å². The first-order valence-corrected chi connectivity index (χ1v) is 5.62. The Morgan fingerprint density at radius 2 is 1.82 bits per heavy atom. The molecule has 0 bridgehead atoms. The monoisotopic (exact) mass is 238 g/mol. The molecular weight excluding hydrogens is 220 g/mol. The smallest absolute Gasteiger partial charge is 0.309 e. The van der Waals surface area contributed by atoms with E-state index in [0.29, 0.717) is 12.4 Å². The van der Waals surface area contributed by atoms with Gasteiger partial charge in [-0.15, -0.1) is 0 Å². The zero-order valence-corrected chi connectivity index (χ0v) is 10.4. The van der Waals surface area contributed by atoms with Gasteiger partial charge in [0.2, 0.25) is 0 Å². The quantitative estimate of drug-likeness (QED) is 0.714. The lowest BCUT2D eigenvalue weighted by molar-refractivity contribution is -0.144. The van der Waals surface area contributed by atoms with Gasteiger partial charge in [0.1, 0.15) is 17.6 Å². The Labute approximate surface area is 101 Å². The third kappa shape index (κ3) is 4.76. The summed E-state index contributed by atoms with van der Waals surface area (Å²) in [4.78, 5) is 11.2. The molecule has 0 aliphatic carbocycles. The number of methoxy groups -OCH3 is 1. The van der Waals surface area contributed by atoms with Crippen LogP contribution in [-0.2, 0) is 9.53 Å². The summed E-state index contributed by atoms with van der Waals surface area (Å²) in [6, 6.07) is 7.24. The summed E-state index contributed by atoms with van der Waals surface area (Å²) in [7, 11) is 1.61. The Bertz CT molecular complexity index is 345. The van der Waals surface area contributed by atoms with Gasteiger partial charge in [0.25, 0.3) is 0 Å². The van der Waals surface area contributed by atoms with E-state index in [1.807, 2.05) is 19.1 Å². The van der Waals surface area contributed by atoms with Gasteiger partial charge >= 0.3 is 5.97 Å². The van der Waals surface area contributed by atoms with Gasteiger partial charge in [-0.2, -0.15) is 0 Å². The molecule has 1 rings (SSSR count). The van der Waals surface area contributed by atoms with E-state index in [1.165, 1.54) is 0 Å². The lowest BCUT2D eigenvalue weighted by atomic mass is 10.2. The van der Waals surface area contributed by atoms with Gasteiger partial charge in [0.05, 0.1) is 20.1 Å². The van der Waals surface area contributed by atoms with Crippen molar-refractivity contribution in [3.8, 4) is 11.5 Å². The van der Waals surface area contributed by atoms with Gasteiger partial charge in [-0.05, 0) is 38.1 Å². The lowest BCUT2D eigenvalue weighted by Gasteiger charge is -2.14. The standard InChI is InChI=1S/C13H18O4/c1-4-16-13(14)9-10(2)17-12-7-5-11(15-3)6-8-12/h5-8,10H,4,9H2,1-3H3. The van der Waals surface area contributed by atoms with Crippen molar-refractivity contribution in [2.75, 3.05) is 13.7 Å². The summed E-state index contributed by atoms with van der Waals surface area (Å²) in [6.45, 7) is 4.02. The fourth-order valence-corrected chi connectivity index (χ4v) is 1.38. The van der Waals surface area contributed by atoms with Crippen LogP contribution in [0.5, 0.6) is 11.5 Å². The molecule has 0 aromatic heterocycles. The molecule has 17 heavy (non-hydrogen) atoms. The van der Waals surface area contributed by atoms with Crippen molar-refractivity contribution in [2.45, 2.75) is 26.4 Å². The number of hydrogen-bond donors (Lipinski definition) is 0. The molecule has 4 nitrogen and oxygen atoms in total. The van der Waals surface area contributed by atoms with Crippen LogP contribution in [0.4, 0.5) is 0 Å². The van der Waals surface area contributed by atoms with E-state index in [1.54, 1.807) is 26.2 Å². The van der Waals surface area contributed by atoms with E-state index in [0.717, 1.165) is 5.75 Å². The molecule has 0 saturated heterocycles. The molecular formula is C13H18O4. The molecule has 1 atom stereocenters. The van der Waals surface area contributed by atoms with Crippen LogP contribution >= 0.6 is 0 Å². The highest BCUT2D eigenvalue weighted by molar-refractivity contribution is 5.69. The summed E-state index contributed by atoms with van der Waals surface area (Å²) < 4.78 is 15.5. The number of carbonyl (C=O) groups excluding carboxylic acids is 1. The zero-order valence-electron chi connectivity index (χ0n) is 10.4. The summed E-state index contributed by atoms with van der Waals surface area (Å²) in [5, 5.41) is 0. The third-order valence-corrected chi connectivity index (χ3v) is 2.16. The Morgan fingerprint density at radius 3 is 2.35 bits per heavy atom. The maximum atomic E-state index is 11.2. The van der Waals surface area contributed by atoms with Crippen molar-refractivity contribution in [1.29, 1.82) is 0 Å². The van der Waals surface area contributed by atoms with Crippen molar-refractivity contribution < 1.29 is 19.0 Å². The molecule has 1 aromatic rings. The molecule has 94 valence electrons. The predicted molar refractivity (Wildman–Crippen MR) is 64.3 cm³/mol. The molecule has 0 aliphatic rings. The summed E-state index contributed by atoms with van der Waals surface area (Å²) in [6.07, 6.45) is 0.0438. The van der Waals surface area contributed by atoms with Crippen molar-refractivity contribution >= 4 is 5.97 Å². The molecule has 0 spiro atoms. The van der Waals surface area contributed by atoms with Crippen LogP contribution in [0.2, 0.25) is 0 Å². The number of esters is 1. The molecule has 0 heterocycles. The van der Waals surface area contributed by atoms with Gasteiger partial charge in [-0.3, -0.25) is 4.79 Å². The average molecular weight is 238 g/mol. The molecule has 4 heteroatoms. The minimum Gasteiger partial charge on any atom is -0.497 e. The van der Waals surface area contributed by atoms with Crippen LogP contribution in [0.3, 0.4) is 0 Å². The largest absolute Gasteiger partial charge is 0.497 e. The first kappa shape index (κ1) is 13.4. The molecule has 1 unspecified atom stereocenters. The van der Waals surface area contributed by atoms with E-state index in [9.17, 15) is 4.79 Å². The van der Waals surface area contributed by atoms with Crippen molar-refractivity contribution in [1.82, 2.24) is 0 Å². The SMILES string of the molecule is CCOC(=O)CC(C)Oc1ccc(OC)cc1. The first-order valence-electron chi connectivity index (χ1n) is 5.62. The molecule has 0 fully saturated rings. The van der Waals surface area contributed by atoms with E-state index in [4.69, 9.17) is 14.2 Å². The number of rotatable bonds is 6. The van der Waals surface area contributed by atoms with Crippen LogP contribution in [-0.4, -0.2) is 25.8 Å². The van der Waals surface area contributed by atoms with Crippen molar-refractivity contribution in [3.63, 3.8) is 0 Å². The fraction of sp³-hybridized carbons (Fsp3) is 0.462. The maximum Gasteiger partial charge on any atom is 0.309 e. The highest BCUT2D eigenvalue weighted by atomic mass is 16.5. The third-order valence-electron chi connectivity index (χ3n) is 2.16. The van der Waals surface area contributed by atoms with Crippen LogP contribution in [0.1, 0.15) is 20.3 Å². The molecule has 0 N–H and O–H groups in total. The Hall–Kier alpha value is -1.71. The Kier molecular flexibility index (Phi) is 5.33. The minimum atomic E-state index is -0.242. The lowest BCUT2D eigenvalue weighted by Crippen LogP contribution is -2.18. The van der Waals surface area contributed by atoms with Crippen molar-refractivity contribution in [2.24, 2.45) is 0 Å². The molecule has 0 aliphatic heterocycles. The topological polar surface area (TPSA) is 44.8 Å². The molecule has 0 amide bonds.